The summed E-state index contributed by atoms with van der Waals surface area (Å²) in [6.45, 7) is 4.01. The lowest BCUT2D eigenvalue weighted by Crippen LogP contribution is -2.25. The van der Waals surface area contributed by atoms with E-state index in [-0.39, 0.29) is 5.92 Å². The van der Waals surface area contributed by atoms with E-state index in [2.05, 4.69) is 20.6 Å². The first-order valence-electron chi connectivity index (χ1n) is 7.13. The number of carboxylic acids is 1. The number of carboxylic acid groups (broad SMARTS) is 1. The molecule has 0 aliphatic rings. The summed E-state index contributed by atoms with van der Waals surface area (Å²) in [6, 6.07) is 8.09. The van der Waals surface area contributed by atoms with E-state index in [1.807, 2.05) is 38.1 Å². The highest BCUT2D eigenvalue weighted by atomic mass is 16.4. The fourth-order valence-corrected chi connectivity index (χ4v) is 2.53. The van der Waals surface area contributed by atoms with Crippen molar-refractivity contribution in [2.75, 3.05) is 0 Å². The molecule has 0 radical (unpaired) electrons. The molecule has 2 aromatic rings. The predicted molar refractivity (Wildman–Crippen MR) is 77.8 cm³/mol. The first-order chi connectivity index (χ1) is 10.1. The minimum absolute atomic E-state index is 0.274. The summed E-state index contributed by atoms with van der Waals surface area (Å²) in [6.07, 6.45) is 2.00. The van der Waals surface area contributed by atoms with Crippen LogP contribution in [-0.4, -0.2) is 31.7 Å². The molecule has 1 heterocycles. The number of nitrogens with zero attached hydrogens (tertiary/aromatic N) is 3. The van der Waals surface area contributed by atoms with Crippen molar-refractivity contribution in [1.29, 1.82) is 0 Å². The van der Waals surface area contributed by atoms with Crippen molar-refractivity contribution in [3.8, 4) is 0 Å². The maximum Gasteiger partial charge on any atom is 0.307 e. The third-order valence-electron chi connectivity index (χ3n) is 3.67. The zero-order valence-electron chi connectivity index (χ0n) is 12.3. The molecule has 112 valence electrons. The molecule has 2 N–H and O–H groups in total. The summed E-state index contributed by atoms with van der Waals surface area (Å²) in [5.41, 5.74) is 2.26. The van der Waals surface area contributed by atoms with Crippen LogP contribution in [0.4, 0.5) is 0 Å². The molecule has 0 spiro atoms. The highest BCUT2D eigenvalue weighted by Gasteiger charge is 2.31. The van der Waals surface area contributed by atoms with Gasteiger partial charge in [-0.1, -0.05) is 48.4 Å². The number of nitrogens with one attached hydrogen (secondary N) is 1. The van der Waals surface area contributed by atoms with Gasteiger partial charge in [0.1, 0.15) is 0 Å². The maximum absolute atomic E-state index is 11.6. The predicted octanol–water partition coefficient (Wildman–Crippen LogP) is 2.34. The number of H-pyrrole nitrogens is 1. The van der Waals surface area contributed by atoms with E-state index in [1.54, 1.807) is 0 Å². The average Bonchev–Trinajstić information content (AvgIpc) is 2.98. The van der Waals surface area contributed by atoms with Crippen molar-refractivity contribution in [3.63, 3.8) is 0 Å². The van der Waals surface area contributed by atoms with Crippen LogP contribution in [0.25, 0.3) is 0 Å². The Balaban J connectivity index is 2.27. The molecule has 1 unspecified atom stereocenters. The van der Waals surface area contributed by atoms with Crippen molar-refractivity contribution >= 4 is 5.97 Å². The number of aromatic amines is 1. The number of benzene rings is 1. The second-order valence-electron chi connectivity index (χ2n) is 5.30. The number of aryl methyl sites for hydroxylation is 1. The van der Waals surface area contributed by atoms with Crippen LogP contribution in [0.3, 0.4) is 0 Å². The van der Waals surface area contributed by atoms with E-state index in [9.17, 15) is 9.90 Å². The van der Waals surface area contributed by atoms with Crippen LogP contribution >= 0.6 is 0 Å². The quantitative estimate of drug-likeness (QED) is 0.815. The summed E-state index contributed by atoms with van der Waals surface area (Å²) in [7, 11) is 0. The van der Waals surface area contributed by atoms with Gasteiger partial charge in [0.2, 0.25) is 0 Å². The molecule has 0 aliphatic carbocycles. The molecule has 0 saturated heterocycles. The van der Waals surface area contributed by atoms with E-state index < -0.39 is 11.9 Å². The van der Waals surface area contributed by atoms with Gasteiger partial charge in [-0.2, -0.15) is 5.21 Å². The van der Waals surface area contributed by atoms with E-state index in [4.69, 9.17) is 0 Å². The molecule has 0 bridgehead atoms. The van der Waals surface area contributed by atoms with Gasteiger partial charge in [-0.25, -0.2) is 0 Å². The topological polar surface area (TPSA) is 91.8 Å². The van der Waals surface area contributed by atoms with Crippen molar-refractivity contribution in [2.45, 2.75) is 39.0 Å². The van der Waals surface area contributed by atoms with Crippen LogP contribution in [-0.2, 0) is 11.2 Å². The molecule has 6 heteroatoms. The number of hydrogen-bond acceptors (Lipinski definition) is 4. The number of rotatable bonds is 7. The van der Waals surface area contributed by atoms with Gasteiger partial charge in [-0.3, -0.25) is 4.79 Å². The minimum Gasteiger partial charge on any atom is -0.481 e. The van der Waals surface area contributed by atoms with E-state index in [0.29, 0.717) is 18.7 Å². The second-order valence-corrected chi connectivity index (χ2v) is 5.30. The molecule has 1 aromatic carbocycles. The Morgan fingerprint density at radius 2 is 2.05 bits per heavy atom. The highest BCUT2D eigenvalue weighted by molar-refractivity contribution is 5.71. The molecule has 2 rings (SSSR count). The van der Waals surface area contributed by atoms with Gasteiger partial charge in [0.15, 0.2) is 5.82 Å². The van der Waals surface area contributed by atoms with E-state index >= 15 is 0 Å². The Labute approximate surface area is 123 Å². The summed E-state index contributed by atoms with van der Waals surface area (Å²) >= 11 is 0. The van der Waals surface area contributed by atoms with Crippen molar-refractivity contribution in [1.82, 2.24) is 20.6 Å². The number of carbonyl (C=O) groups is 1. The molecule has 0 amide bonds. The van der Waals surface area contributed by atoms with Crippen LogP contribution in [0, 0.1) is 12.8 Å². The first kappa shape index (κ1) is 15.2. The van der Waals surface area contributed by atoms with Crippen LogP contribution in [0.1, 0.15) is 42.6 Å². The number of aromatic nitrogens is 4. The molecular weight excluding hydrogens is 268 g/mol. The lowest BCUT2D eigenvalue weighted by atomic mass is 9.83. The smallest absolute Gasteiger partial charge is 0.307 e. The summed E-state index contributed by atoms with van der Waals surface area (Å²) in [5, 5.41) is 23.5. The minimum atomic E-state index is -0.807. The fourth-order valence-electron chi connectivity index (χ4n) is 2.53. The van der Waals surface area contributed by atoms with Crippen LogP contribution in [0.15, 0.2) is 24.3 Å². The first-order valence-corrected chi connectivity index (χ1v) is 7.13. The second kappa shape index (κ2) is 6.97. The Morgan fingerprint density at radius 1 is 1.33 bits per heavy atom. The monoisotopic (exact) mass is 288 g/mol. The third-order valence-corrected chi connectivity index (χ3v) is 3.67. The van der Waals surface area contributed by atoms with E-state index in [1.165, 1.54) is 5.56 Å². The summed E-state index contributed by atoms with van der Waals surface area (Å²) in [5.74, 6) is -1.12. The van der Waals surface area contributed by atoms with E-state index in [0.717, 1.165) is 12.0 Å². The van der Waals surface area contributed by atoms with Gasteiger partial charge in [0, 0.05) is 5.92 Å². The fraction of sp³-hybridized carbons (Fsp3) is 0.467. The van der Waals surface area contributed by atoms with Gasteiger partial charge in [-0.15, -0.1) is 10.2 Å². The number of hydrogen-bond donors (Lipinski definition) is 2. The Kier molecular flexibility index (Phi) is 5.03. The third kappa shape index (κ3) is 3.87. The molecule has 0 fully saturated rings. The zero-order chi connectivity index (χ0) is 15.2. The van der Waals surface area contributed by atoms with Crippen molar-refractivity contribution < 1.29 is 9.90 Å². The van der Waals surface area contributed by atoms with Crippen LogP contribution in [0.2, 0.25) is 0 Å². The van der Waals surface area contributed by atoms with Crippen LogP contribution in [0.5, 0.6) is 0 Å². The normalized spacial score (nSPS) is 13.8. The Hall–Kier alpha value is -2.24. The maximum atomic E-state index is 11.6. The SMILES string of the molecule is CCCC(C(=O)O)[C@H](Cc1ccc(C)cc1)c1nn[nH]n1. The van der Waals surface area contributed by atoms with Gasteiger partial charge >= 0.3 is 5.97 Å². The van der Waals surface area contributed by atoms with Crippen LogP contribution < -0.4 is 0 Å². The molecule has 0 saturated carbocycles. The lowest BCUT2D eigenvalue weighted by molar-refractivity contribution is -0.142. The van der Waals surface area contributed by atoms with Gasteiger partial charge < -0.3 is 5.11 Å². The Bertz CT molecular complexity index is 566. The largest absolute Gasteiger partial charge is 0.481 e. The summed E-state index contributed by atoms with van der Waals surface area (Å²) < 4.78 is 0. The number of tetrazole rings is 1. The van der Waals surface area contributed by atoms with Crippen molar-refractivity contribution in [3.05, 3.63) is 41.2 Å². The molecule has 1 aromatic heterocycles. The zero-order valence-corrected chi connectivity index (χ0v) is 12.3. The molecule has 6 nitrogen and oxygen atoms in total. The number of aliphatic carboxylic acids is 1. The van der Waals surface area contributed by atoms with Gasteiger partial charge in [-0.05, 0) is 25.3 Å². The lowest BCUT2D eigenvalue weighted by Gasteiger charge is -2.21. The van der Waals surface area contributed by atoms with Gasteiger partial charge in [0.05, 0.1) is 5.92 Å². The molecule has 0 aliphatic heterocycles. The molecular formula is C15H20N4O2. The standard InChI is InChI=1S/C15H20N4O2/c1-3-4-12(15(20)21)13(14-16-18-19-17-14)9-11-7-5-10(2)6-8-11/h5-8,12-13H,3-4,9H2,1-2H3,(H,20,21)(H,16,17,18,19)/t12?,13-/m0/s1. The molecule has 2 atom stereocenters. The summed E-state index contributed by atoms with van der Waals surface area (Å²) in [4.78, 5) is 11.6. The van der Waals surface area contributed by atoms with Gasteiger partial charge in [0.25, 0.3) is 0 Å². The highest BCUT2D eigenvalue weighted by Crippen LogP contribution is 2.29. The van der Waals surface area contributed by atoms with Crippen molar-refractivity contribution in [2.24, 2.45) is 5.92 Å². The molecule has 21 heavy (non-hydrogen) atoms. The Morgan fingerprint density at radius 3 is 2.57 bits per heavy atom. The average molecular weight is 288 g/mol.